The average molecular weight is 263 g/mol. The summed E-state index contributed by atoms with van der Waals surface area (Å²) < 4.78 is 5.10. The van der Waals surface area contributed by atoms with Gasteiger partial charge in [0.25, 0.3) is 0 Å². The molecule has 1 saturated heterocycles. The highest BCUT2D eigenvalue weighted by molar-refractivity contribution is 5.73. The van der Waals surface area contributed by atoms with Crippen molar-refractivity contribution in [1.29, 1.82) is 0 Å². The number of hydrogen-bond acceptors (Lipinski definition) is 4. The molecule has 0 aliphatic carbocycles. The van der Waals surface area contributed by atoms with E-state index in [4.69, 9.17) is 4.74 Å². The lowest BCUT2D eigenvalue weighted by Crippen LogP contribution is -2.39. The van der Waals surface area contributed by atoms with Crippen LogP contribution in [0.2, 0.25) is 0 Å². The SMILES string of the molecule is CCOC(=O)[C@H]1CCCN(c2cccc(CO)c2)C1. The monoisotopic (exact) mass is 263 g/mol. The minimum atomic E-state index is -0.0921. The topological polar surface area (TPSA) is 49.8 Å². The third-order valence-corrected chi connectivity index (χ3v) is 3.50. The third-order valence-electron chi connectivity index (χ3n) is 3.50. The first-order chi connectivity index (χ1) is 9.24. The van der Waals surface area contributed by atoms with Gasteiger partial charge in [0, 0.05) is 18.8 Å². The average Bonchev–Trinajstić information content (AvgIpc) is 2.48. The third kappa shape index (κ3) is 3.47. The predicted octanol–water partition coefficient (Wildman–Crippen LogP) is 1.96. The molecule has 0 aromatic heterocycles. The van der Waals surface area contributed by atoms with Crippen LogP contribution >= 0.6 is 0 Å². The molecule has 0 amide bonds. The van der Waals surface area contributed by atoms with E-state index in [1.807, 2.05) is 31.2 Å². The lowest BCUT2D eigenvalue weighted by Gasteiger charge is -2.33. The molecule has 0 unspecified atom stereocenters. The highest BCUT2D eigenvalue weighted by atomic mass is 16.5. The molecule has 104 valence electrons. The second kappa shape index (κ2) is 6.57. The molecule has 1 fully saturated rings. The van der Waals surface area contributed by atoms with Crippen LogP contribution in [0.3, 0.4) is 0 Å². The van der Waals surface area contributed by atoms with Gasteiger partial charge in [-0.25, -0.2) is 0 Å². The molecule has 0 bridgehead atoms. The number of nitrogens with zero attached hydrogens (tertiary/aromatic N) is 1. The van der Waals surface area contributed by atoms with Gasteiger partial charge in [0.2, 0.25) is 0 Å². The number of esters is 1. The second-order valence-corrected chi connectivity index (χ2v) is 4.87. The molecule has 0 spiro atoms. The van der Waals surface area contributed by atoms with Crippen molar-refractivity contribution in [2.24, 2.45) is 5.92 Å². The molecule has 1 aromatic carbocycles. The maximum Gasteiger partial charge on any atom is 0.310 e. The maximum atomic E-state index is 11.8. The number of aliphatic hydroxyl groups excluding tert-OH is 1. The fourth-order valence-corrected chi connectivity index (χ4v) is 2.52. The van der Waals surface area contributed by atoms with Crippen LogP contribution in [0.1, 0.15) is 25.3 Å². The Balaban J connectivity index is 2.05. The summed E-state index contributed by atoms with van der Waals surface area (Å²) in [5, 5.41) is 9.18. The van der Waals surface area contributed by atoms with Crippen molar-refractivity contribution in [3.63, 3.8) is 0 Å². The molecule has 1 N–H and O–H groups in total. The van der Waals surface area contributed by atoms with E-state index in [2.05, 4.69) is 4.90 Å². The molecular weight excluding hydrogens is 242 g/mol. The smallest absolute Gasteiger partial charge is 0.310 e. The van der Waals surface area contributed by atoms with Gasteiger partial charge in [0.05, 0.1) is 19.1 Å². The van der Waals surface area contributed by atoms with Crippen molar-refractivity contribution in [2.45, 2.75) is 26.4 Å². The van der Waals surface area contributed by atoms with E-state index in [-0.39, 0.29) is 18.5 Å². The van der Waals surface area contributed by atoms with Crippen LogP contribution in [-0.2, 0) is 16.1 Å². The lowest BCUT2D eigenvalue weighted by molar-refractivity contribution is -0.148. The number of anilines is 1. The first-order valence-electron chi connectivity index (χ1n) is 6.86. The Bertz CT molecular complexity index is 433. The minimum absolute atomic E-state index is 0.0357. The summed E-state index contributed by atoms with van der Waals surface area (Å²) in [5.74, 6) is -0.128. The van der Waals surface area contributed by atoms with E-state index < -0.39 is 0 Å². The molecule has 1 aromatic rings. The highest BCUT2D eigenvalue weighted by Crippen LogP contribution is 2.24. The Morgan fingerprint density at radius 1 is 1.53 bits per heavy atom. The second-order valence-electron chi connectivity index (χ2n) is 4.87. The quantitative estimate of drug-likeness (QED) is 0.844. The zero-order chi connectivity index (χ0) is 13.7. The summed E-state index contributed by atoms with van der Waals surface area (Å²) in [5.41, 5.74) is 1.97. The Morgan fingerprint density at radius 3 is 3.11 bits per heavy atom. The Labute approximate surface area is 114 Å². The van der Waals surface area contributed by atoms with Gasteiger partial charge in [-0.1, -0.05) is 12.1 Å². The van der Waals surface area contributed by atoms with E-state index in [1.165, 1.54) is 0 Å². The fraction of sp³-hybridized carbons (Fsp3) is 0.533. The number of piperidine rings is 1. The first kappa shape index (κ1) is 13.9. The van der Waals surface area contributed by atoms with Crippen LogP contribution < -0.4 is 4.90 Å². The number of hydrogen-bond donors (Lipinski definition) is 1. The highest BCUT2D eigenvalue weighted by Gasteiger charge is 2.26. The minimum Gasteiger partial charge on any atom is -0.466 e. The molecule has 0 saturated carbocycles. The van der Waals surface area contributed by atoms with Crippen LogP contribution in [0.15, 0.2) is 24.3 Å². The largest absolute Gasteiger partial charge is 0.466 e. The van der Waals surface area contributed by atoms with Gasteiger partial charge in [0.1, 0.15) is 0 Å². The van der Waals surface area contributed by atoms with Crippen molar-refractivity contribution in [3.05, 3.63) is 29.8 Å². The molecule has 1 atom stereocenters. The van der Waals surface area contributed by atoms with Gasteiger partial charge >= 0.3 is 5.97 Å². The standard InChI is InChI=1S/C15H21NO3/c1-2-19-15(18)13-6-4-8-16(10-13)14-7-3-5-12(9-14)11-17/h3,5,7,9,13,17H,2,4,6,8,10-11H2,1H3/t13-/m0/s1. The zero-order valence-electron chi connectivity index (χ0n) is 11.3. The Kier molecular flexibility index (Phi) is 4.80. The summed E-state index contributed by atoms with van der Waals surface area (Å²) in [7, 11) is 0. The van der Waals surface area contributed by atoms with Gasteiger partial charge in [-0.15, -0.1) is 0 Å². The normalized spacial score (nSPS) is 19.3. The van der Waals surface area contributed by atoms with Gasteiger partial charge in [-0.2, -0.15) is 0 Å². The van der Waals surface area contributed by atoms with Crippen molar-refractivity contribution < 1.29 is 14.6 Å². The molecule has 4 nitrogen and oxygen atoms in total. The van der Waals surface area contributed by atoms with Gasteiger partial charge in [-0.3, -0.25) is 4.79 Å². The predicted molar refractivity (Wildman–Crippen MR) is 73.9 cm³/mol. The van der Waals surface area contributed by atoms with Crippen LogP contribution in [0.25, 0.3) is 0 Å². The molecular formula is C15H21NO3. The van der Waals surface area contributed by atoms with E-state index in [0.717, 1.165) is 30.6 Å². The number of rotatable bonds is 4. The van der Waals surface area contributed by atoms with E-state index in [1.54, 1.807) is 0 Å². The molecule has 19 heavy (non-hydrogen) atoms. The van der Waals surface area contributed by atoms with E-state index in [9.17, 15) is 9.90 Å². The fourth-order valence-electron chi connectivity index (χ4n) is 2.52. The summed E-state index contributed by atoms with van der Waals surface area (Å²) in [6.45, 7) is 3.97. The van der Waals surface area contributed by atoms with Crippen LogP contribution in [0, 0.1) is 5.92 Å². The van der Waals surface area contributed by atoms with Gasteiger partial charge in [0.15, 0.2) is 0 Å². The van der Waals surface area contributed by atoms with Crippen molar-refractivity contribution in [2.75, 3.05) is 24.6 Å². The molecule has 1 heterocycles. The Hall–Kier alpha value is -1.55. The number of ether oxygens (including phenoxy) is 1. The lowest BCUT2D eigenvalue weighted by atomic mass is 9.97. The van der Waals surface area contributed by atoms with Crippen LogP contribution in [0.5, 0.6) is 0 Å². The summed E-state index contributed by atoms with van der Waals surface area (Å²) in [4.78, 5) is 14.0. The zero-order valence-corrected chi connectivity index (χ0v) is 11.3. The molecule has 4 heteroatoms. The van der Waals surface area contributed by atoms with E-state index >= 15 is 0 Å². The van der Waals surface area contributed by atoms with Crippen molar-refractivity contribution in [1.82, 2.24) is 0 Å². The summed E-state index contributed by atoms with van der Waals surface area (Å²) >= 11 is 0. The molecule has 1 aliphatic heterocycles. The molecule has 1 aliphatic rings. The Morgan fingerprint density at radius 2 is 2.37 bits per heavy atom. The molecule has 2 rings (SSSR count). The maximum absolute atomic E-state index is 11.8. The first-order valence-corrected chi connectivity index (χ1v) is 6.86. The number of carbonyl (C=O) groups excluding carboxylic acids is 1. The van der Waals surface area contributed by atoms with Crippen LogP contribution in [0.4, 0.5) is 5.69 Å². The van der Waals surface area contributed by atoms with Crippen molar-refractivity contribution in [3.8, 4) is 0 Å². The molecule has 0 radical (unpaired) electrons. The number of aliphatic hydroxyl groups is 1. The van der Waals surface area contributed by atoms with Gasteiger partial charge in [-0.05, 0) is 37.5 Å². The van der Waals surface area contributed by atoms with Gasteiger partial charge < -0.3 is 14.7 Å². The number of carbonyl (C=O) groups is 1. The summed E-state index contributed by atoms with van der Waals surface area (Å²) in [6.07, 6.45) is 1.89. The van der Waals surface area contributed by atoms with E-state index in [0.29, 0.717) is 13.2 Å². The van der Waals surface area contributed by atoms with Crippen molar-refractivity contribution >= 4 is 11.7 Å². The van der Waals surface area contributed by atoms with Crippen LogP contribution in [-0.4, -0.2) is 30.8 Å². The number of benzene rings is 1. The summed E-state index contributed by atoms with van der Waals surface area (Å²) in [6, 6.07) is 7.84.